The topological polar surface area (TPSA) is 99.1 Å². The van der Waals surface area contributed by atoms with E-state index in [1.54, 1.807) is 0 Å². The molecular formula is C55H96NO7+. The van der Waals surface area contributed by atoms with E-state index in [-0.39, 0.29) is 36.2 Å². The highest BCUT2D eigenvalue weighted by Gasteiger charge is 2.31. The summed E-state index contributed by atoms with van der Waals surface area (Å²) in [5.41, 5.74) is 0. The third-order valence-corrected chi connectivity index (χ3v) is 11.1. The standard InChI is InChI=1S/C55H95NO7/c1-6-8-10-12-14-16-18-20-22-24-25-26-27-28-30-31-33-35-37-39-41-43-45-53(57)62-50-51(49-61-48-47-52(55(59)60)56(3,4)5)63-54(58)46-44-42-40-38-36-34-32-29-23-21-19-17-15-13-11-9-7-2/h8,10,14,16,20,22,25-26,28,30,33,35,51-52H,6-7,9,11-13,15,17-19,21,23-24,27,29,31-32,34,36-50H2,1-5H3/p+1/b10-8+,16-14+,22-20+,26-25+,30-28+,35-33+. The SMILES string of the molecule is CC/C=C/C/C=C/C/C=C/C/C=C/C/C=C/C/C=C/CCCCCC(=O)OCC(COCCC(C(=O)O)[N+](C)(C)C)OC(=O)CCCCCCCCCCCCCCCCCCC. The average Bonchev–Trinajstić information content (AvgIpc) is 3.24. The Morgan fingerprint density at radius 1 is 0.492 bits per heavy atom. The minimum atomic E-state index is -0.880. The lowest BCUT2D eigenvalue weighted by molar-refractivity contribution is -0.887. The zero-order valence-electron chi connectivity index (χ0n) is 41.3. The molecule has 1 N–H and O–H groups in total. The Balaban J connectivity index is 4.32. The summed E-state index contributed by atoms with van der Waals surface area (Å²) in [6, 6.07) is -0.622. The van der Waals surface area contributed by atoms with Crippen LogP contribution in [0.15, 0.2) is 72.9 Å². The van der Waals surface area contributed by atoms with E-state index in [9.17, 15) is 19.5 Å². The molecule has 63 heavy (non-hydrogen) atoms. The predicted octanol–water partition coefficient (Wildman–Crippen LogP) is 14.7. The van der Waals surface area contributed by atoms with Crippen LogP contribution < -0.4 is 0 Å². The van der Waals surface area contributed by atoms with Crippen LogP contribution in [0.3, 0.4) is 0 Å². The molecule has 2 unspecified atom stereocenters. The number of likely N-dealkylation sites (N-methyl/N-ethyl adjacent to an activating group) is 1. The van der Waals surface area contributed by atoms with Gasteiger partial charge in [-0.15, -0.1) is 0 Å². The van der Waals surface area contributed by atoms with Crippen molar-refractivity contribution in [3.8, 4) is 0 Å². The maximum Gasteiger partial charge on any atom is 0.362 e. The Morgan fingerprint density at radius 2 is 0.889 bits per heavy atom. The third-order valence-electron chi connectivity index (χ3n) is 11.1. The first-order valence-corrected chi connectivity index (χ1v) is 25.5. The van der Waals surface area contributed by atoms with Gasteiger partial charge in [-0.1, -0.05) is 196 Å². The zero-order valence-corrected chi connectivity index (χ0v) is 41.3. The highest BCUT2D eigenvalue weighted by molar-refractivity contribution is 5.72. The van der Waals surface area contributed by atoms with E-state index in [2.05, 4.69) is 86.8 Å². The summed E-state index contributed by atoms with van der Waals surface area (Å²) in [5.74, 6) is -1.51. The molecule has 0 aromatic heterocycles. The number of hydrogen-bond donors (Lipinski definition) is 1. The Kier molecular flexibility index (Phi) is 43.0. The molecule has 0 saturated carbocycles. The van der Waals surface area contributed by atoms with Crippen LogP contribution in [0.4, 0.5) is 0 Å². The molecule has 0 heterocycles. The lowest BCUT2D eigenvalue weighted by Crippen LogP contribution is -2.50. The van der Waals surface area contributed by atoms with Crippen LogP contribution in [-0.2, 0) is 28.6 Å². The van der Waals surface area contributed by atoms with E-state index in [0.29, 0.717) is 19.3 Å². The largest absolute Gasteiger partial charge is 0.477 e. The molecule has 0 aliphatic rings. The number of esters is 2. The summed E-state index contributed by atoms with van der Waals surface area (Å²) in [5, 5.41) is 9.65. The van der Waals surface area contributed by atoms with Crippen molar-refractivity contribution in [1.82, 2.24) is 0 Å². The Labute approximate surface area is 387 Å². The molecule has 362 valence electrons. The molecule has 2 atom stereocenters. The number of carbonyl (C=O) groups is 3. The lowest BCUT2D eigenvalue weighted by atomic mass is 10.0. The Hall–Kier alpha value is -3.23. The number of nitrogens with zero attached hydrogens (tertiary/aromatic N) is 1. The van der Waals surface area contributed by atoms with Gasteiger partial charge >= 0.3 is 17.9 Å². The summed E-state index contributed by atoms with van der Waals surface area (Å²) >= 11 is 0. The van der Waals surface area contributed by atoms with Crippen molar-refractivity contribution in [2.24, 2.45) is 0 Å². The van der Waals surface area contributed by atoms with Crippen LogP contribution in [0.2, 0.25) is 0 Å². The molecule has 0 aromatic rings. The minimum absolute atomic E-state index is 0.0491. The van der Waals surface area contributed by atoms with Gasteiger partial charge in [0.25, 0.3) is 0 Å². The number of allylic oxidation sites excluding steroid dienone is 12. The van der Waals surface area contributed by atoms with Crippen molar-refractivity contribution < 1.29 is 38.2 Å². The number of aliphatic carboxylic acids is 1. The van der Waals surface area contributed by atoms with Gasteiger partial charge in [-0.05, 0) is 64.2 Å². The Morgan fingerprint density at radius 3 is 1.32 bits per heavy atom. The Bertz CT molecular complexity index is 1260. The molecule has 0 spiro atoms. The van der Waals surface area contributed by atoms with Gasteiger partial charge in [0.2, 0.25) is 0 Å². The van der Waals surface area contributed by atoms with E-state index in [0.717, 1.165) is 83.5 Å². The quantitative estimate of drug-likeness (QED) is 0.0281. The fraction of sp³-hybridized carbons (Fsp3) is 0.727. The summed E-state index contributed by atoms with van der Waals surface area (Å²) in [6.45, 7) is 4.60. The van der Waals surface area contributed by atoms with Crippen molar-refractivity contribution in [2.45, 2.75) is 219 Å². The maximum absolute atomic E-state index is 12.8. The molecule has 0 fully saturated rings. The molecule has 8 heteroatoms. The first kappa shape index (κ1) is 59.8. The van der Waals surface area contributed by atoms with Gasteiger partial charge in [0.05, 0.1) is 34.4 Å². The first-order valence-electron chi connectivity index (χ1n) is 25.5. The van der Waals surface area contributed by atoms with Gasteiger partial charge in [0.1, 0.15) is 6.61 Å². The number of ether oxygens (including phenoxy) is 3. The molecule has 0 bridgehead atoms. The number of carboxylic acid groups (broad SMARTS) is 1. The van der Waals surface area contributed by atoms with E-state index in [1.165, 1.54) is 89.9 Å². The number of quaternary nitrogens is 1. The first-order chi connectivity index (χ1) is 30.6. The molecule has 0 aliphatic heterocycles. The van der Waals surface area contributed by atoms with Crippen LogP contribution in [0.1, 0.15) is 206 Å². The second kappa shape index (κ2) is 45.3. The van der Waals surface area contributed by atoms with Gasteiger partial charge in [0, 0.05) is 19.3 Å². The molecule has 0 rings (SSSR count). The maximum atomic E-state index is 12.8. The predicted molar refractivity (Wildman–Crippen MR) is 266 cm³/mol. The number of hydrogen-bond acceptors (Lipinski definition) is 6. The number of carbonyl (C=O) groups excluding carboxylic acids is 2. The summed E-state index contributed by atoms with van der Waals surface area (Å²) in [6.07, 6.45) is 58.1. The normalized spacial score (nSPS) is 13.5. The minimum Gasteiger partial charge on any atom is -0.477 e. The second-order valence-electron chi connectivity index (χ2n) is 18.1. The van der Waals surface area contributed by atoms with Gasteiger partial charge < -0.3 is 23.8 Å². The number of carboxylic acids is 1. The number of unbranched alkanes of at least 4 members (excludes halogenated alkanes) is 19. The van der Waals surface area contributed by atoms with Crippen LogP contribution in [0.25, 0.3) is 0 Å². The molecule has 8 nitrogen and oxygen atoms in total. The van der Waals surface area contributed by atoms with Gasteiger partial charge in [-0.25, -0.2) is 4.79 Å². The van der Waals surface area contributed by atoms with Crippen LogP contribution in [0.5, 0.6) is 0 Å². The molecule has 0 radical (unpaired) electrons. The van der Waals surface area contributed by atoms with E-state index < -0.39 is 18.1 Å². The third kappa shape index (κ3) is 43.8. The molecule has 0 aliphatic carbocycles. The number of rotatable bonds is 45. The van der Waals surface area contributed by atoms with Gasteiger partial charge in [-0.3, -0.25) is 9.59 Å². The van der Waals surface area contributed by atoms with Crippen LogP contribution >= 0.6 is 0 Å². The average molecular weight is 883 g/mol. The highest BCUT2D eigenvalue weighted by atomic mass is 16.6. The van der Waals surface area contributed by atoms with Crippen molar-refractivity contribution in [1.29, 1.82) is 0 Å². The van der Waals surface area contributed by atoms with Gasteiger partial charge in [0.15, 0.2) is 12.1 Å². The summed E-state index contributed by atoms with van der Waals surface area (Å²) < 4.78 is 17.3. The van der Waals surface area contributed by atoms with Crippen LogP contribution in [-0.4, -0.2) is 80.6 Å². The highest BCUT2D eigenvalue weighted by Crippen LogP contribution is 2.15. The second-order valence-corrected chi connectivity index (χ2v) is 18.1. The van der Waals surface area contributed by atoms with Crippen molar-refractivity contribution in [2.75, 3.05) is 41.0 Å². The van der Waals surface area contributed by atoms with Gasteiger partial charge in [-0.2, -0.15) is 0 Å². The monoisotopic (exact) mass is 883 g/mol. The smallest absolute Gasteiger partial charge is 0.362 e. The van der Waals surface area contributed by atoms with E-state index in [4.69, 9.17) is 14.2 Å². The van der Waals surface area contributed by atoms with Crippen molar-refractivity contribution in [3.63, 3.8) is 0 Å². The fourth-order valence-corrected chi connectivity index (χ4v) is 7.21. The molecule has 0 saturated heterocycles. The zero-order chi connectivity index (χ0) is 46.3. The van der Waals surface area contributed by atoms with Crippen LogP contribution in [0, 0.1) is 0 Å². The summed E-state index contributed by atoms with van der Waals surface area (Å²) in [7, 11) is 5.52. The molecular weight excluding hydrogens is 787 g/mol. The lowest BCUT2D eigenvalue weighted by Gasteiger charge is -2.31. The van der Waals surface area contributed by atoms with Crippen molar-refractivity contribution in [3.05, 3.63) is 72.9 Å². The van der Waals surface area contributed by atoms with E-state index in [1.807, 2.05) is 21.1 Å². The van der Waals surface area contributed by atoms with E-state index >= 15 is 0 Å². The summed E-state index contributed by atoms with van der Waals surface area (Å²) in [4.78, 5) is 37.1. The van der Waals surface area contributed by atoms with Crippen molar-refractivity contribution >= 4 is 17.9 Å². The molecule has 0 aromatic carbocycles. The molecule has 0 amide bonds. The fourth-order valence-electron chi connectivity index (χ4n) is 7.21.